The molecule has 0 spiro atoms. The number of aromatic nitrogens is 2. The Morgan fingerprint density at radius 3 is 2.48 bits per heavy atom. The normalized spacial score (nSPS) is 12.2. The summed E-state index contributed by atoms with van der Waals surface area (Å²) in [7, 11) is -3.70. The molecule has 6 nitrogen and oxygen atoms in total. The predicted octanol–water partition coefficient (Wildman–Crippen LogP) is 1.69. The maximum atomic E-state index is 12.7. The van der Waals surface area contributed by atoms with E-state index in [1.54, 1.807) is 4.57 Å². The van der Waals surface area contributed by atoms with Gasteiger partial charge in [0.2, 0.25) is 0 Å². The lowest BCUT2D eigenvalue weighted by molar-refractivity contribution is 0.254. The third-order valence-electron chi connectivity index (χ3n) is 3.62. The van der Waals surface area contributed by atoms with Crippen LogP contribution < -0.4 is 0 Å². The zero-order valence-corrected chi connectivity index (χ0v) is 14.3. The Morgan fingerprint density at radius 1 is 1.22 bits per heavy atom. The summed E-state index contributed by atoms with van der Waals surface area (Å²) in [6.45, 7) is 4.06. The van der Waals surface area contributed by atoms with Crippen LogP contribution in [0, 0.1) is 0 Å². The van der Waals surface area contributed by atoms with Crippen molar-refractivity contribution in [1.82, 2.24) is 13.9 Å². The van der Waals surface area contributed by atoms with Crippen molar-refractivity contribution in [2.45, 2.75) is 31.3 Å². The minimum atomic E-state index is -3.70. The van der Waals surface area contributed by atoms with Crippen molar-refractivity contribution in [3.05, 3.63) is 48.4 Å². The first-order chi connectivity index (χ1) is 10.9. The van der Waals surface area contributed by atoms with Gasteiger partial charge in [-0.25, -0.2) is 13.4 Å². The number of nitrogens with zero attached hydrogens (tertiary/aromatic N) is 3. The molecular formula is C16H23N3O3S. The lowest BCUT2D eigenvalue weighted by Crippen LogP contribution is -2.35. The lowest BCUT2D eigenvalue weighted by Gasteiger charge is -2.20. The average molecular weight is 337 g/mol. The molecule has 1 heterocycles. The Bertz CT molecular complexity index is 711. The van der Waals surface area contributed by atoms with Gasteiger partial charge in [0.1, 0.15) is 0 Å². The van der Waals surface area contributed by atoms with Crippen LogP contribution in [0.5, 0.6) is 0 Å². The first-order valence-electron chi connectivity index (χ1n) is 7.63. The van der Waals surface area contributed by atoms with Gasteiger partial charge in [-0.05, 0) is 25.8 Å². The van der Waals surface area contributed by atoms with E-state index in [1.165, 1.54) is 16.8 Å². The van der Waals surface area contributed by atoms with Crippen molar-refractivity contribution in [3.63, 3.8) is 0 Å². The summed E-state index contributed by atoms with van der Waals surface area (Å²) in [6, 6.07) is 9.82. The number of benzene rings is 1. The second-order valence-corrected chi connectivity index (χ2v) is 7.50. The smallest absolute Gasteiger partial charge is 0.262 e. The number of rotatable bonds is 8. The second-order valence-electron chi connectivity index (χ2n) is 5.62. The molecule has 23 heavy (non-hydrogen) atoms. The van der Waals surface area contributed by atoms with Gasteiger partial charge in [-0.1, -0.05) is 30.3 Å². The van der Waals surface area contributed by atoms with Crippen molar-refractivity contribution >= 4 is 10.0 Å². The highest BCUT2D eigenvalue weighted by atomic mass is 32.2. The third kappa shape index (κ3) is 4.40. The van der Waals surface area contributed by atoms with Crippen molar-refractivity contribution in [2.24, 2.45) is 0 Å². The van der Waals surface area contributed by atoms with Crippen LogP contribution in [0.2, 0.25) is 0 Å². The number of hydrogen-bond donors (Lipinski definition) is 1. The maximum Gasteiger partial charge on any atom is 0.262 e. The van der Waals surface area contributed by atoms with E-state index in [-0.39, 0.29) is 24.2 Å². The zero-order chi connectivity index (χ0) is 16.9. The number of hydrogen-bond acceptors (Lipinski definition) is 4. The van der Waals surface area contributed by atoms with Crippen LogP contribution in [-0.4, -0.2) is 47.1 Å². The SMILES string of the molecule is CC(C)n1cnc(S(=O)(=O)N(CCO)CCc2ccccc2)c1. The summed E-state index contributed by atoms with van der Waals surface area (Å²) < 4.78 is 28.5. The molecule has 126 valence electrons. The average Bonchev–Trinajstić information content (AvgIpc) is 3.03. The first kappa shape index (κ1) is 17.7. The Kier molecular flexibility index (Phi) is 5.92. The molecule has 0 fully saturated rings. The first-order valence-corrected chi connectivity index (χ1v) is 9.07. The minimum Gasteiger partial charge on any atom is -0.395 e. The molecule has 2 rings (SSSR count). The predicted molar refractivity (Wildman–Crippen MR) is 88.6 cm³/mol. The topological polar surface area (TPSA) is 75.4 Å². The van der Waals surface area contributed by atoms with Crippen LogP contribution in [0.15, 0.2) is 47.9 Å². The van der Waals surface area contributed by atoms with Crippen molar-refractivity contribution in [2.75, 3.05) is 19.7 Å². The quantitative estimate of drug-likeness (QED) is 0.795. The Balaban J connectivity index is 2.17. The fourth-order valence-electron chi connectivity index (χ4n) is 2.23. The van der Waals surface area contributed by atoms with E-state index in [4.69, 9.17) is 0 Å². The number of sulfonamides is 1. The molecule has 0 radical (unpaired) electrons. The van der Waals surface area contributed by atoms with E-state index < -0.39 is 10.0 Å². The number of aliphatic hydroxyl groups excluding tert-OH is 1. The fourth-order valence-corrected chi connectivity index (χ4v) is 3.58. The van der Waals surface area contributed by atoms with Gasteiger partial charge in [0.25, 0.3) is 10.0 Å². The summed E-state index contributed by atoms with van der Waals surface area (Å²) in [5.74, 6) is 0. The van der Waals surface area contributed by atoms with Gasteiger partial charge in [-0.3, -0.25) is 0 Å². The lowest BCUT2D eigenvalue weighted by atomic mass is 10.1. The molecule has 0 unspecified atom stereocenters. The van der Waals surface area contributed by atoms with Gasteiger partial charge >= 0.3 is 0 Å². The molecule has 0 aliphatic heterocycles. The standard InChI is InChI=1S/C16H23N3O3S/c1-14(2)18-12-16(17-13-18)23(21,22)19(10-11-20)9-8-15-6-4-3-5-7-15/h3-7,12-14,20H,8-11H2,1-2H3. The summed E-state index contributed by atoms with van der Waals surface area (Å²) >= 11 is 0. The van der Waals surface area contributed by atoms with Crippen LogP contribution in [-0.2, 0) is 16.4 Å². The van der Waals surface area contributed by atoms with Crippen molar-refractivity contribution < 1.29 is 13.5 Å². The van der Waals surface area contributed by atoms with E-state index in [9.17, 15) is 13.5 Å². The molecule has 2 aromatic rings. The van der Waals surface area contributed by atoms with Crippen molar-refractivity contribution in [1.29, 1.82) is 0 Å². The monoisotopic (exact) mass is 337 g/mol. The highest BCUT2D eigenvalue weighted by molar-refractivity contribution is 7.89. The summed E-state index contributed by atoms with van der Waals surface area (Å²) in [4.78, 5) is 4.02. The van der Waals surface area contributed by atoms with Gasteiger partial charge in [-0.2, -0.15) is 4.31 Å². The highest BCUT2D eigenvalue weighted by Gasteiger charge is 2.26. The maximum absolute atomic E-state index is 12.7. The van der Waals surface area contributed by atoms with Crippen LogP contribution in [0.25, 0.3) is 0 Å². The van der Waals surface area contributed by atoms with Gasteiger partial charge in [0.15, 0.2) is 5.03 Å². The Hall–Kier alpha value is -1.70. The number of aliphatic hydroxyl groups is 1. The molecule has 1 N–H and O–H groups in total. The zero-order valence-electron chi connectivity index (χ0n) is 13.5. The van der Waals surface area contributed by atoms with Gasteiger partial charge in [0, 0.05) is 25.3 Å². The molecule has 0 saturated carbocycles. The van der Waals surface area contributed by atoms with Gasteiger partial charge < -0.3 is 9.67 Å². The summed E-state index contributed by atoms with van der Waals surface area (Å²) in [6.07, 6.45) is 3.64. The molecular weight excluding hydrogens is 314 g/mol. The molecule has 7 heteroatoms. The molecule has 0 aliphatic carbocycles. The molecule has 0 atom stereocenters. The second kappa shape index (κ2) is 7.72. The molecule has 0 aliphatic rings. The van der Waals surface area contributed by atoms with Gasteiger partial charge in [-0.15, -0.1) is 0 Å². The van der Waals surface area contributed by atoms with Crippen LogP contribution in [0.4, 0.5) is 0 Å². The molecule has 0 bridgehead atoms. The summed E-state index contributed by atoms with van der Waals surface area (Å²) in [5.41, 5.74) is 1.05. The van der Waals surface area contributed by atoms with E-state index in [1.807, 2.05) is 44.2 Å². The molecule has 1 aromatic heterocycles. The minimum absolute atomic E-state index is 0.0210. The third-order valence-corrected chi connectivity index (χ3v) is 5.40. The summed E-state index contributed by atoms with van der Waals surface area (Å²) in [5, 5.41) is 9.23. The Labute approximate surface area is 137 Å². The molecule has 1 aromatic carbocycles. The number of imidazole rings is 1. The van der Waals surface area contributed by atoms with Crippen LogP contribution >= 0.6 is 0 Å². The van der Waals surface area contributed by atoms with E-state index in [0.717, 1.165) is 5.56 Å². The van der Waals surface area contributed by atoms with Gasteiger partial charge in [0.05, 0.1) is 12.9 Å². The van der Waals surface area contributed by atoms with Crippen LogP contribution in [0.3, 0.4) is 0 Å². The Morgan fingerprint density at radius 2 is 1.91 bits per heavy atom. The fraction of sp³-hybridized carbons (Fsp3) is 0.438. The molecule has 0 amide bonds. The van der Waals surface area contributed by atoms with E-state index in [2.05, 4.69) is 4.98 Å². The van der Waals surface area contributed by atoms with Crippen LogP contribution in [0.1, 0.15) is 25.5 Å². The van der Waals surface area contributed by atoms with Crippen molar-refractivity contribution in [3.8, 4) is 0 Å². The van der Waals surface area contributed by atoms with E-state index >= 15 is 0 Å². The largest absolute Gasteiger partial charge is 0.395 e. The molecule has 0 saturated heterocycles. The highest BCUT2D eigenvalue weighted by Crippen LogP contribution is 2.16. The van der Waals surface area contributed by atoms with E-state index in [0.29, 0.717) is 13.0 Å².